The summed E-state index contributed by atoms with van der Waals surface area (Å²) in [5.74, 6) is 0.192. The molecule has 0 unspecified atom stereocenters. The molecule has 2 aromatic carbocycles. The van der Waals surface area contributed by atoms with Gasteiger partial charge in [0.1, 0.15) is 12.3 Å². The summed E-state index contributed by atoms with van der Waals surface area (Å²) < 4.78 is 43.2. The highest BCUT2D eigenvalue weighted by atomic mass is 19.4. The van der Waals surface area contributed by atoms with E-state index in [1.54, 1.807) is 36.4 Å². The molecular weight excluding hydrogens is 465 g/mol. The van der Waals surface area contributed by atoms with Gasteiger partial charge in [-0.05, 0) is 48.5 Å². The number of carbonyl (C=O) groups is 2. The summed E-state index contributed by atoms with van der Waals surface area (Å²) in [6, 6.07) is 12.6. The van der Waals surface area contributed by atoms with E-state index >= 15 is 0 Å². The topological polar surface area (TPSA) is 99.7 Å². The molecule has 9 nitrogen and oxygen atoms in total. The minimum atomic E-state index is -4.46. The summed E-state index contributed by atoms with van der Waals surface area (Å²) in [4.78, 5) is 36.5. The van der Waals surface area contributed by atoms with Gasteiger partial charge in [0.25, 0.3) is 5.91 Å². The molecule has 1 aliphatic rings. The molecule has 0 bridgehead atoms. The van der Waals surface area contributed by atoms with Gasteiger partial charge in [0.15, 0.2) is 5.82 Å². The standard InChI is InChI=1S/C23H21F3N6O3/c1-27-20(33)14-3-5-17(6-4-14)32-19-15(11-28-21(30-19)29-13-23(24,25)26)12-31(22(32)34)16-7-9-18(35-2)10-8-16/h3-11H,12-13H2,1-2H3,(H,27,33)(H,28,29,30). The first-order chi connectivity index (χ1) is 16.7. The minimum Gasteiger partial charge on any atom is -0.497 e. The Morgan fingerprint density at radius 1 is 1.09 bits per heavy atom. The highest BCUT2D eigenvalue weighted by molar-refractivity contribution is 6.10. The van der Waals surface area contributed by atoms with Crippen LogP contribution in [0.25, 0.3) is 0 Å². The van der Waals surface area contributed by atoms with Crippen LogP contribution < -0.4 is 25.2 Å². The van der Waals surface area contributed by atoms with Gasteiger partial charge in [-0.2, -0.15) is 18.2 Å². The number of nitrogens with zero attached hydrogens (tertiary/aromatic N) is 4. The number of aromatic nitrogens is 2. The van der Waals surface area contributed by atoms with Gasteiger partial charge in [0.2, 0.25) is 5.95 Å². The van der Waals surface area contributed by atoms with Gasteiger partial charge in [-0.15, -0.1) is 0 Å². The monoisotopic (exact) mass is 486 g/mol. The Labute approximate surface area is 198 Å². The molecule has 12 heteroatoms. The molecular formula is C23H21F3N6O3. The Morgan fingerprint density at radius 3 is 2.34 bits per heavy atom. The quantitative estimate of drug-likeness (QED) is 0.544. The summed E-state index contributed by atoms with van der Waals surface area (Å²) in [6.07, 6.45) is -3.08. The van der Waals surface area contributed by atoms with Crippen LogP contribution >= 0.6 is 0 Å². The number of ether oxygens (including phenoxy) is 1. The molecule has 1 aliphatic heterocycles. The van der Waals surface area contributed by atoms with Crippen molar-refractivity contribution in [1.82, 2.24) is 15.3 Å². The molecule has 0 radical (unpaired) electrons. The molecule has 0 fully saturated rings. The Bertz CT molecular complexity index is 1230. The maximum absolute atomic E-state index is 13.6. The number of hydrogen-bond donors (Lipinski definition) is 2. The van der Waals surface area contributed by atoms with Crippen molar-refractivity contribution in [2.24, 2.45) is 0 Å². The lowest BCUT2D eigenvalue weighted by molar-refractivity contribution is -0.115. The van der Waals surface area contributed by atoms with Gasteiger partial charge in [-0.25, -0.2) is 14.7 Å². The Morgan fingerprint density at radius 2 is 1.74 bits per heavy atom. The lowest BCUT2D eigenvalue weighted by Gasteiger charge is -2.36. The normalized spacial score (nSPS) is 13.3. The molecule has 182 valence electrons. The first-order valence-electron chi connectivity index (χ1n) is 10.4. The number of urea groups is 1. The van der Waals surface area contributed by atoms with E-state index < -0.39 is 18.8 Å². The minimum absolute atomic E-state index is 0.104. The number of halogens is 3. The summed E-state index contributed by atoms with van der Waals surface area (Å²) in [5.41, 5.74) is 1.85. The molecule has 0 spiro atoms. The van der Waals surface area contributed by atoms with Crippen molar-refractivity contribution in [2.75, 3.05) is 35.8 Å². The van der Waals surface area contributed by atoms with E-state index in [2.05, 4.69) is 20.6 Å². The zero-order valence-corrected chi connectivity index (χ0v) is 18.8. The first-order valence-corrected chi connectivity index (χ1v) is 10.4. The van der Waals surface area contributed by atoms with Crippen LogP contribution in [0.1, 0.15) is 15.9 Å². The second-order valence-corrected chi connectivity index (χ2v) is 7.54. The summed E-state index contributed by atoms with van der Waals surface area (Å²) in [5, 5.41) is 4.66. The van der Waals surface area contributed by atoms with Gasteiger partial charge < -0.3 is 15.4 Å². The van der Waals surface area contributed by atoms with E-state index in [9.17, 15) is 22.8 Å². The van der Waals surface area contributed by atoms with Crippen molar-refractivity contribution in [1.29, 1.82) is 0 Å². The number of amides is 3. The average Bonchev–Trinajstić information content (AvgIpc) is 2.86. The molecule has 3 aromatic rings. The summed E-state index contributed by atoms with van der Waals surface area (Å²) in [6.45, 7) is -1.22. The maximum atomic E-state index is 13.6. The molecule has 0 atom stereocenters. The van der Waals surface area contributed by atoms with E-state index in [1.165, 1.54) is 42.3 Å². The van der Waals surface area contributed by atoms with Crippen LogP contribution in [-0.2, 0) is 6.54 Å². The second kappa shape index (κ2) is 9.49. The Balaban J connectivity index is 1.75. The van der Waals surface area contributed by atoms with Gasteiger partial charge in [-0.1, -0.05) is 0 Å². The third kappa shape index (κ3) is 5.10. The highest BCUT2D eigenvalue weighted by Crippen LogP contribution is 2.36. The predicted molar refractivity (Wildman–Crippen MR) is 123 cm³/mol. The smallest absolute Gasteiger partial charge is 0.405 e. The number of fused-ring (bicyclic) bond motifs is 1. The third-order valence-electron chi connectivity index (χ3n) is 5.25. The van der Waals surface area contributed by atoms with Crippen LogP contribution in [0.5, 0.6) is 5.75 Å². The van der Waals surface area contributed by atoms with Gasteiger partial charge >= 0.3 is 12.2 Å². The number of benzene rings is 2. The largest absolute Gasteiger partial charge is 0.497 e. The van der Waals surface area contributed by atoms with E-state index in [1.807, 2.05) is 0 Å². The number of rotatable bonds is 6. The average molecular weight is 486 g/mol. The number of anilines is 4. The van der Waals surface area contributed by atoms with Crippen molar-refractivity contribution >= 4 is 35.1 Å². The molecule has 4 rings (SSSR count). The molecule has 3 amide bonds. The predicted octanol–water partition coefficient (Wildman–Crippen LogP) is 4.10. The number of hydrogen-bond acceptors (Lipinski definition) is 6. The van der Waals surface area contributed by atoms with Crippen molar-refractivity contribution in [3.8, 4) is 5.75 Å². The van der Waals surface area contributed by atoms with Crippen molar-refractivity contribution in [3.63, 3.8) is 0 Å². The lowest BCUT2D eigenvalue weighted by Crippen LogP contribution is -2.45. The van der Waals surface area contributed by atoms with Crippen LogP contribution in [0.2, 0.25) is 0 Å². The highest BCUT2D eigenvalue weighted by Gasteiger charge is 2.35. The first kappa shape index (κ1) is 23.8. The molecule has 0 saturated heterocycles. The zero-order valence-electron chi connectivity index (χ0n) is 18.8. The second-order valence-electron chi connectivity index (χ2n) is 7.54. The van der Waals surface area contributed by atoms with Crippen molar-refractivity contribution < 1.29 is 27.5 Å². The van der Waals surface area contributed by atoms with Gasteiger partial charge in [0.05, 0.1) is 19.3 Å². The van der Waals surface area contributed by atoms with Gasteiger partial charge in [-0.3, -0.25) is 9.69 Å². The van der Waals surface area contributed by atoms with E-state index in [-0.39, 0.29) is 24.2 Å². The van der Waals surface area contributed by atoms with Gasteiger partial charge in [0, 0.05) is 30.1 Å². The zero-order chi connectivity index (χ0) is 25.2. The Kier molecular flexibility index (Phi) is 6.45. The SMILES string of the molecule is CNC(=O)c1ccc(N2C(=O)N(c3ccc(OC)cc3)Cc3cnc(NCC(F)(F)F)nc32)cc1. The number of methoxy groups -OCH3 is 1. The molecule has 2 N–H and O–H groups in total. The fraction of sp³-hybridized carbons (Fsp3) is 0.217. The van der Waals surface area contributed by atoms with Crippen LogP contribution in [0.15, 0.2) is 54.7 Å². The van der Waals surface area contributed by atoms with Crippen LogP contribution in [-0.4, -0.2) is 48.8 Å². The van der Waals surface area contributed by atoms with E-state index in [4.69, 9.17) is 4.74 Å². The number of carbonyl (C=O) groups excluding carboxylic acids is 2. The lowest BCUT2D eigenvalue weighted by atomic mass is 10.1. The Hall–Kier alpha value is -4.35. The number of nitrogens with one attached hydrogen (secondary N) is 2. The van der Waals surface area contributed by atoms with Crippen LogP contribution in [0.4, 0.5) is 41.1 Å². The molecule has 0 aliphatic carbocycles. The molecule has 1 aromatic heterocycles. The fourth-order valence-electron chi connectivity index (χ4n) is 3.52. The third-order valence-corrected chi connectivity index (χ3v) is 5.25. The number of alkyl halides is 3. The van der Waals surface area contributed by atoms with Crippen LogP contribution in [0, 0.1) is 0 Å². The maximum Gasteiger partial charge on any atom is 0.405 e. The molecule has 0 saturated carbocycles. The van der Waals surface area contributed by atoms with E-state index in [0.717, 1.165) is 0 Å². The van der Waals surface area contributed by atoms with E-state index in [0.29, 0.717) is 28.3 Å². The summed E-state index contributed by atoms with van der Waals surface area (Å²) >= 11 is 0. The summed E-state index contributed by atoms with van der Waals surface area (Å²) in [7, 11) is 3.03. The molecule has 2 heterocycles. The van der Waals surface area contributed by atoms with Crippen LogP contribution in [0.3, 0.4) is 0 Å². The molecule has 35 heavy (non-hydrogen) atoms. The fourth-order valence-corrected chi connectivity index (χ4v) is 3.52. The van der Waals surface area contributed by atoms with Crippen molar-refractivity contribution in [3.05, 3.63) is 65.9 Å². The van der Waals surface area contributed by atoms with Crippen molar-refractivity contribution in [2.45, 2.75) is 12.7 Å².